The topological polar surface area (TPSA) is 55.5 Å². The molecule has 2 aromatic carbocycles. The van der Waals surface area contributed by atoms with Gasteiger partial charge < -0.3 is 15.6 Å². The molecule has 0 bridgehead atoms. The normalized spacial score (nSPS) is 16.8. The van der Waals surface area contributed by atoms with E-state index in [0.29, 0.717) is 17.4 Å². The van der Waals surface area contributed by atoms with Crippen molar-refractivity contribution in [1.29, 1.82) is 0 Å². The Morgan fingerprint density at radius 3 is 2.46 bits per heavy atom. The van der Waals surface area contributed by atoms with Crippen LogP contribution in [-0.4, -0.2) is 11.7 Å². The molecule has 3 N–H and O–H groups in total. The molecule has 3 rings (SSSR count). The summed E-state index contributed by atoms with van der Waals surface area (Å²) < 4.78 is 5.68. The Bertz CT molecular complexity index is 660. The molecule has 0 aromatic heterocycles. The largest absolute Gasteiger partial charge is 0.488 e. The van der Waals surface area contributed by atoms with Crippen LogP contribution in [0.15, 0.2) is 42.5 Å². The van der Waals surface area contributed by atoms with E-state index < -0.39 is 6.10 Å². The number of nitrogens with two attached hydrogens (primary N) is 1. The second-order valence-corrected chi connectivity index (χ2v) is 6.87. The van der Waals surface area contributed by atoms with Crippen molar-refractivity contribution in [3.8, 4) is 5.75 Å². The zero-order chi connectivity index (χ0) is 16.9. The molecule has 3 heteroatoms. The third kappa shape index (κ3) is 4.09. The number of hydrogen-bond acceptors (Lipinski definition) is 3. The van der Waals surface area contributed by atoms with Crippen LogP contribution in [0.5, 0.6) is 5.75 Å². The molecule has 3 nitrogen and oxygen atoms in total. The van der Waals surface area contributed by atoms with Gasteiger partial charge in [-0.05, 0) is 54.5 Å². The van der Waals surface area contributed by atoms with E-state index in [-0.39, 0.29) is 6.61 Å². The molecule has 1 aliphatic rings. The minimum Gasteiger partial charge on any atom is -0.488 e. The summed E-state index contributed by atoms with van der Waals surface area (Å²) >= 11 is 0. The van der Waals surface area contributed by atoms with E-state index in [4.69, 9.17) is 10.5 Å². The first-order chi connectivity index (χ1) is 11.6. The maximum absolute atomic E-state index is 10.4. The standard InChI is InChI=1S/C21H27NO2/c1-15-7-12-21(19(22)13-15)24-14-20(23)18-10-8-17(9-11-18)16-5-3-2-4-6-16/h7-13,16,20,23H,2-6,14,22H2,1H3. The van der Waals surface area contributed by atoms with E-state index in [1.165, 1.54) is 37.7 Å². The number of benzene rings is 2. The van der Waals surface area contributed by atoms with Crippen molar-refractivity contribution in [2.75, 3.05) is 12.3 Å². The van der Waals surface area contributed by atoms with Gasteiger partial charge >= 0.3 is 0 Å². The Morgan fingerprint density at radius 2 is 1.79 bits per heavy atom. The second-order valence-electron chi connectivity index (χ2n) is 6.87. The Hall–Kier alpha value is -2.00. The van der Waals surface area contributed by atoms with Crippen LogP contribution in [0.3, 0.4) is 0 Å². The summed E-state index contributed by atoms with van der Waals surface area (Å²) in [6.07, 6.45) is 5.97. The number of hydrogen-bond donors (Lipinski definition) is 2. The van der Waals surface area contributed by atoms with Gasteiger partial charge in [0, 0.05) is 0 Å². The first-order valence-corrected chi connectivity index (χ1v) is 8.90. The molecule has 2 aromatic rings. The smallest absolute Gasteiger partial charge is 0.142 e. The lowest BCUT2D eigenvalue weighted by Gasteiger charge is -2.22. The number of aliphatic hydroxyl groups excluding tert-OH is 1. The number of anilines is 1. The van der Waals surface area contributed by atoms with E-state index in [1.807, 2.05) is 37.3 Å². The van der Waals surface area contributed by atoms with E-state index >= 15 is 0 Å². The lowest BCUT2D eigenvalue weighted by atomic mass is 9.84. The summed E-state index contributed by atoms with van der Waals surface area (Å²) in [7, 11) is 0. The van der Waals surface area contributed by atoms with E-state index in [9.17, 15) is 5.11 Å². The van der Waals surface area contributed by atoms with Crippen LogP contribution in [0.4, 0.5) is 5.69 Å². The van der Waals surface area contributed by atoms with Crippen LogP contribution in [0.2, 0.25) is 0 Å². The number of rotatable bonds is 5. The van der Waals surface area contributed by atoms with E-state index in [1.54, 1.807) is 0 Å². The van der Waals surface area contributed by atoms with Crippen molar-refractivity contribution >= 4 is 5.69 Å². The summed E-state index contributed by atoms with van der Waals surface area (Å²) in [5, 5.41) is 10.4. The van der Waals surface area contributed by atoms with Crippen molar-refractivity contribution in [2.24, 2.45) is 0 Å². The Labute approximate surface area is 144 Å². The monoisotopic (exact) mass is 325 g/mol. The van der Waals surface area contributed by atoms with Gasteiger partial charge in [-0.15, -0.1) is 0 Å². The van der Waals surface area contributed by atoms with Crippen molar-refractivity contribution < 1.29 is 9.84 Å². The van der Waals surface area contributed by atoms with Gasteiger partial charge in [0.15, 0.2) is 0 Å². The van der Waals surface area contributed by atoms with Gasteiger partial charge in [0.05, 0.1) is 5.69 Å². The molecular weight excluding hydrogens is 298 g/mol. The number of ether oxygens (including phenoxy) is 1. The van der Waals surface area contributed by atoms with Crippen LogP contribution < -0.4 is 10.5 Å². The molecule has 0 aliphatic heterocycles. The minimum absolute atomic E-state index is 0.204. The third-order valence-electron chi connectivity index (χ3n) is 4.96. The van der Waals surface area contributed by atoms with Gasteiger partial charge in [-0.1, -0.05) is 49.6 Å². The highest BCUT2D eigenvalue weighted by atomic mass is 16.5. The van der Waals surface area contributed by atoms with Crippen molar-refractivity contribution in [3.05, 3.63) is 59.2 Å². The van der Waals surface area contributed by atoms with Crippen LogP contribution in [0, 0.1) is 6.92 Å². The molecule has 0 amide bonds. The average molecular weight is 325 g/mol. The van der Waals surface area contributed by atoms with Crippen molar-refractivity contribution in [1.82, 2.24) is 0 Å². The number of aliphatic hydroxyl groups is 1. The van der Waals surface area contributed by atoms with Crippen molar-refractivity contribution in [3.63, 3.8) is 0 Å². The Balaban J connectivity index is 1.59. The highest BCUT2D eigenvalue weighted by Crippen LogP contribution is 2.33. The molecule has 1 unspecified atom stereocenters. The number of nitrogen functional groups attached to an aromatic ring is 1. The predicted molar refractivity (Wildman–Crippen MR) is 98.3 cm³/mol. The maximum atomic E-state index is 10.4. The molecular formula is C21H27NO2. The van der Waals surface area contributed by atoms with Crippen LogP contribution in [0.1, 0.15) is 60.8 Å². The summed E-state index contributed by atoms with van der Waals surface area (Å²) in [6, 6.07) is 14.1. The molecule has 0 heterocycles. The molecule has 1 atom stereocenters. The molecule has 1 fully saturated rings. The molecule has 1 saturated carbocycles. The molecule has 1 aliphatic carbocycles. The van der Waals surface area contributed by atoms with Gasteiger partial charge in [0.2, 0.25) is 0 Å². The number of aryl methyl sites for hydroxylation is 1. The Kier molecular flexibility index (Phi) is 5.41. The summed E-state index contributed by atoms with van der Waals surface area (Å²) in [5.74, 6) is 1.31. The van der Waals surface area contributed by atoms with Gasteiger partial charge in [0.25, 0.3) is 0 Å². The van der Waals surface area contributed by atoms with Gasteiger partial charge in [-0.2, -0.15) is 0 Å². The minimum atomic E-state index is -0.647. The highest BCUT2D eigenvalue weighted by Gasteiger charge is 2.16. The van der Waals surface area contributed by atoms with Gasteiger partial charge in [-0.3, -0.25) is 0 Å². The third-order valence-corrected chi connectivity index (χ3v) is 4.96. The predicted octanol–water partition coefficient (Wildman–Crippen LogP) is 4.74. The fraction of sp³-hybridized carbons (Fsp3) is 0.429. The quantitative estimate of drug-likeness (QED) is 0.781. The molecule has 24 heavy (non-hydrogen) atoms. The summed E-state index contributed by atoms with van der Waals surface area (Å²) in [5.41, 5.74) is 9.93. The molecule has 128 valence electrons. The zero-order valence-corrected chi connectivity index (χ0v) is 14.4. The average Bonchev–Trinajstić information content (AvgIpc) is 2.62. The molecule has 0 radical (unpaired) electrons. The fourth-order valence-electron chi connectivity index (χ4n) is 3.49. The van der Waals surface area contributed by atoms with E-state index in [2.05, 4.69) is 12.1 Å². The van der Waals surface area contributed by atoms with Crippen LogP contribution >= 0.6 is 0 Å². The van der Waals surface area contributed by atoms with Crippen LogP contribution in [0.25, 0.3) is 0 Å². The zero-order valence-electron chi connectivity index (χ0n) is 14.4. The SMILES string of the molecule is Cc1ccc(OCC(O)c2ccc(C3CCCCC3)cc2)c(N)c1. The van der Waals surface area contributed by atoms with Crippen molar-refractivity contribution in [2.45, 2.75) is 51.0 Å². The summed E-state index contributed by atoms with van der Waals surface area (Å²) in [4.78, 5) is 0. The Morgan fingerprint density at radius 1 is 1.08 bits per heavy atom. The summed E-state index contributed by atoms with van der Waals surface area (Å²) in [6.45, 7) is 2.19. The van der Waals surface area contributed by atoms with Gasteiger partial charge in [0.1, 0.15) is 18.5 Å². The second kappa shape index (κ2) is 7.71. The lowest BCUT2D eigenvalue weighted by molar-refractivity contribution is 0.108. The van der Waals surface area contributed by atoms with Gasteiger partial charge in [-0.25, -0.2) is 0 Å². The highest BCUT2D eigenvalue weighted by molar-refractivity contribution is 5.54. The fourth-order valence-corrected chi connectivity index (χ4v) is 3.49. The van der Waals surface area contributed by atoms with Crippen LogP contribution in [-0.2, 0) is 0 Å². The maximum Gasteiger partial charge on any atom is 0.142 e. The molecule has 0 saturated heterocycles. The lowest BCUT2D eigenvalue weighted by Crippen LogP contribution is -2.11. The molecule has 0 spiro atoms. The first kappa shape index (κ1) is 16.8. The van der Waals surface area contributed by atoms with E-state index in [0.717, 1.165) is 11.1 Å². The first-order valence-electron chi connectivity index (χ1n) is 8.90.